The van der Waals surface area contributed by atoms with Crippen molar-refractivity contribution in [1.29, 1.82) is 0 Å². The third-order valence-electron chi connectivity index (χ3n) is 3.52. The molecule has 1 fully saturated rings. The molecule has 106 valence electrons. The number of rotatable bonds is 3. The zero-order valence-electron chi connectivity index (χ0n) is 11.3. The van der Waals surface area contributed by atoms with Crippen molar-refractivity contribution >= 4 is 21.6 Å². The molecule has 1 aliphatic heterocycles. The Labute approximate surface area is 119 Å². The van der Waals surface area contributed by atoms with Crippen LogP contribution in [0.1, 0.15) is 17.5 Å². The normalized spacial score (nSPS) is 20.9. The molecule has 2 rings (SSSR count). The molecule has 4 nitrogen and oxygen atoms in total. The van der Waals surface area contributed by atoms with E-state index in [2.05, 4.69) is 0 Å². The molecule has 19 heavy (non-hydrogen) atoms. The summed E-state index contributed by atoms with van der Waals surface area (Å²) in [6.45, 7) is 4.49. The van der Waals surface area contributed by atoms with Crippen molar-refractivity contribution in [3.05, 3.63) is 28.3 Å². The van der Waals surface area contributed by atoms with Crippen molar-refractivity contribution in [2.45, 2.75) is 31.3 Å². The van der Waals surface area contributed by atoms with Gasteiger partial charge in [-0.1, -0.05) is 11.6 Å². The standard InChI is InChI=1S/C13H18ClNO3S/c1-9-7-13(10(2)6-12(9)14)19(16,17)15-5-4-11(8-15)18-3/h6-7,11H,4-5,8H2,1-3H3/t11-/m1/s1. The van der Waals surface area contributed by atoms with E-state index in [1.165, 1.54) is 4.31 Å². The Kier molecular flexibility index (Phi) is 4.20. The molecule has 1 aromatic carbocycles. The number of halogens is 1. The number of nitrogens with zero attached hydrogens (tertiary/aromatic N) is 1. The second-order valence-corrected chi connectivity index (χ2v) is 7.19. The Morgan fingerprint density at radius 1 is 1.32 bits per heavy atom. The van der Waals surface area contributed by atoms with Gasteiger partial charge < -0.3 is 4.74 Å². The van der Waals surface area contributed by atoms with E-state index < -0.39 is 10.0 Å². The number of methoxy groups -OCH3 is 1. The van der Waals surface area contributed by atoms with Gasteiger partial charge in [0.2, 0.25) is 10.0 Å². The van der Waals surface area contributed by atoms with E-state index >= 15 is 0 Å². The molecule has 0 bridgehead atoms. The summed E-state index contributed by atoms with van der Waals surface area (Å²) < 4.78 is 31.9. The van der Waals surface area contributed by atoms with Crippen LogP contribution >= 0.6 is 11.6 Å². The Morgan fingerprint density at radius 3 is 2.58 bits per heavy atom. The number of sulfonamides is 1. The fourth-order valence-electron chi connectivity index (χ4n) is 2.28. The molecule has 0 radical (unpaired) electrons. The van der Waals surface area contributed by atoms with Gasteiger partial charge in [-0.3, -0.25) is 0 Å². The summed E-state index contributed by atoms with van der Waals surface area (Å²) in [7, 11) is -1.85. The minimum atomic E-state index is -3.46. The molecule has 1 aliphatic rings. The van der Waals surface area contributed by atoms with Gasteiger partial charge in [0.1, 0.15) is 0 Å². The Balaban J connectivity index is 2.38. The first kappa shape index (κ1) is 14.8. The lowest BCUT2D eigenvalue weighted by atomic mass is 10.2. The van der Waals surface area contributed by atoms with Crippen LogP contribution in [0.2, 0.25) is 5.02 Å². The number of aryl methyl sites for hydroxylation is 2. The van der Waals surface area contributed by atoms with Crippen LogP contribution in [-0.4, -0.2) is 39.0 Å². The SMILES string of the molecule is CO[C@@H]1CCN(S(=O)(=O)c2cc(C)c(Cl)cc2C)C1. The van der Waals surface area contributed by atoms with Gasteiger partial charge in [0.05, 0.1) is 11.0 Å². The summed E-state index contributed by atoms with van der Waals surface area (Å²) in [5.41, 5.74) is 1.45. The fraction of sp³-hybridized carbons (Fsp3) is 0.538. The van der Waals surface area contributed by atoms with Gasteiger partial charge in [0.15, 0.2) is 0 Å². The van der Waals surface area contributed by atoms with E-state index in [-0.39, 0.29) is 6.10 Å². The first-order valence-electron chi connectivity index (χ1n) is 6.16. The second kappa shape index (κ2) is 5.40. The second-order valence-electron chi connectivity index (χ2n) is 4.88. The van der Waals surface area contributed by atoms with E-state index in [4.69, 9.17) is 16.3 Å². The first-order valence-corrected chi connectivity index (χ1v) is 7.97. The zero-order valence-corrected chi connectivity index (χ0v) is 12.9. The Hall–Kier alpha value is -0.620. The number of benzene rings is 1. The monoisotopic (exact) mass is 303 g/mol. The van der Waals surface area contributed by atoms with Gasteiger partial charge in [-0.05, 0) is 43.5 Å². The maximum atomic E-state index is 12.6. The highest BCUT2D eigenvalue weighted by Crippen LogP contribution is 2.28. The van der Waals surface area contributed by atoms with Gasteiger partial charge in [0, 0.05) is 25.2 Å². The summed E-state index contributed by atoms with van der Waals surface area (Å²) in [6, 6.07) is 3.35. The quantitative estimate of drug-likeness (QED) is 0.861. The highest BCUT2D eigenvalue weighted by Gasteiger charge is 2.33. The summed E-state index contributed by atoms with van der Waals surface area (Å²) in [5.74, 6) is 0. The van der Waals surface area contributed by atoms with Crippen molar-refractivity contribution in [3.8, 4) is 0 Å². The van der Waals surface area contributed by atoms with Crippen LogP contribution in [-0.2, 0) is 14.8 Å². The van der Waals surface area contributed by atoms with Crippen LogP contribution < -0.4 is 0 Å². The molecular weight excluding hydrogens is 286 g/mol. The van der Waals surface area contributed by atoms with Gasteiger partial charge in [-0.25, -0.2) is 8.42 Å². The predicted octanol–water partition coefficient (Wildman–Crippen LogP) is 2.37. The minimum Gasteiger partial charge on any atom is -0.380 e. The fourth-order valence-corrected chi connectivity index (χ4v) is 4.28. The smallest absolute Gasteiger partial charge is 0.243 e. The third-order valence-corrected chi connectivity index (χ3v) is 5.93. The molecule has 0 aliphatic carbocycles. The van der Waals surface area contributed by atoms with Crippen LogP contribution in [0.15, 0.2) is 17.0 Å². The summed E-state index contributed by atoms with van der Waals surface area (Å²) in [6.07, 6.45) is 0.727. The lowest BCUT2D eigenvalue weighted by Gasteiger charge is -2.18. The zero-order chi connectivity index (χ0) is 14.2. The van der Waals surface area contributed by atoms with Gasteiger partial charge >= 0.3 is 0 Å². The van der Waals surface area contributed by atoms with Crippen molar-refractivity contribution in [3.63, 3.8) is 0 Å². The van der Waals surface area contributed by atoms with E-state index in [0.717, 1.165) is 12.0 Å². The maximum Gasteiger partial charge on any atom is 0.243 e. The van der Waals surface area contributed by atoms with E-state index in [1.54, 1.807) is 26.2 Å². The molecule has 1 aromatic rings. The maximum absolute atomic E-state index is 12.6. The average Bonchev–Trinajstić information content (AvgIpc) is 2.83. The molecule has 1 saturated heterocycles. The van der Waals surface area contributed by atoms with Crippen LogP contribution in [0, 0.1) is 13.8 Å². The Bertz CT molecular complexity index is 586. The van der Waals surface area contributed by atoms with Gasteiger partial charge in [-0.2, -0.15) is 4.31 Å². The van der Waals surface area contributed by atoms with Crippen LogP contribution in [0.5, 0.6) is 0 Å². The molecule has 1 heterocycles. The molecule has 0 unspecified atom stereocenters. The lowest BCUT2D eigenvalue weighted by Crippen LogP contribution is -2.30. The largest absolute Gasteiger partial charge is 0.380 e. The summed E-state index contributed by atoms with van der Waals surface area (Å²) in [5, 5.41) is 0.590. The number of ether oxygens (including phenoxy) is 1. The van der Waals surface area contributed by atoms with Crippen LogP contribution in [0.25, 0.3) is 0 Å². The van der Waals surface area contributed by atoms with Gasteiger partial charge in [0.25, 0.3) is 0 Å². The van der Waals surface area contributed by atoms with Crippen LogP contribution in [0.4, 0.5) is 0 Å². The van der Waals surface area contributed by atoms with Crippen LogP contribution in [0.3, 0.4) is 0 Å². The molecular formula is C13H18ClNO3S. The first-order chi connectivity index (χ1) is 8.86. The Morgan fingerprint density at radius 2 is 2.00 bits per heavy atom. The van der Waals surface area contributed by atoms with E-state index in [0.29, 0.717) is 28.6 Å². The van der Waals surface area contributed by atoms with Crippen molar-refractivity contribution in [2.24, 2.45) is 0 Å². The number of hydrogen-bond acceptors (Lipinski definition) is 3. The third kappa shape index (κ3) is 2.79. The molecule has 0 saturated carbocycles. The molecule has 1 atom stereocenters. The topological polar surface area (TPSA) is 46.6 Å². The highest BCUT2D eigenvalue weighted by molar-refractivity contribution is 7.89. The minimum absolute atomic E-state index is 0.0107. The molecule has 0 spiro atoms. The molecule has 0 amide bonds. The van der Waals surface area contributed by atoms with E-state index in [9.17, 15) is 8.42 Å². The number of hydrogen-bond donors (Lipinski definition) is 0. The molecule has 0 N–H and O–H groups in total. The summed E-state index contributed by atoms with van der Waals surface area (Å²) >= 11 is 6.01. The van der Waals surface area contributed by atoms with Gasteiger partial charge in [-0.15, -0.1) is 0 Å². The molecule has 0 aromatic heterocycles. The van der Waals surface area contributed by atoms with Crippen molar-refractivity contribution < 1.29 is 13.2 Å². The average molecular weight is 304 g/mol. The highest BCUT2D eigenvalue weighted by atomic mass is 35.5. The summed E-state index contributed by atoms with van der Waals surface area (Å²) in [4.78, 5) is 0.339. The van der Waals surface area contributed by atoms with Crippen molar-refractivity contribution in [2.75, 3.05) is 20.2 Å². The predicted molar refractivity (Wildman–Crippen MR) is 75.1 cm³/mol. The lowest BCUT2D eigenvalue weighted by molar-refractivity contribution is 0.115. The van der Waals surface area contributed by atoms with Crippen molar-refractivity contribution in [1.82, 2.24) is 4.31 Å². The molecule has 6 heteroatoms. The van der Waals surface area contributed by atoms with E-state index in [1.807, 2.05) is 6.92 Å².